The molecular weight excluding hydrogens is 1080 g/mol. The summed E-state index contributed by atoms with van der Waals surface area (Å²) in [6.45, 7) is 9.16. The molecule has 0 amide bonds. The van der Waals surface area contributed by atoms with E-state index in [4.69, 9.17) is 0 Å². The molecule has 81 heavy (non-hydrogen) atoms. The maximum atomic E-state index is 13.5. The number of unbranched alkanes of at least 4 members (excludes halogenated alkanes) is 42. The average molecular weight is 1210 g/mol. The maximum absolute atomic E-state index is 13.5. The van der Waals surface area contributed by atoms with Gasteiger partial charge in [-0.05, 0) is 88.0 Å². The average Bonchev–Trinajstić information content (AvgIpc) is 3.27. The van der Waals surface area contributed by atoms with E-state index in [2.05, 4.69) is 99.2 Å². The molecule has 464 valence electrons. The van der Waals surface area contributed by atoms with Crippen LogP contribution in [0, 0.1) is 0 Å². The van der Waals surface area contributed by atoms with Crippen molar-refractivity contribution in [3.8, 4) is 0 Å². The number of benzene rings is 2. The van der Waals surface area contributed by atoms with Gasteiger partial charge in [0.2, 0.25) is 11.4 Å². The molecule has 0 radical (unpaired) electrons. The number of aryl methyl sites for hydroxylation is 1. The zero-order valence-electron chi connectivity index (χ0n) is 54.4. The van der Waals surface area contributed by atoms with Crippen molar-refractivity contribution in [2.45, 2.75) is 360 Å². The van der Waals surface area contributed by atoms with Crippen LogP contribution in [0.3, 0.4) is 0 Å². The molecule has 0 aliphatic carbocycles. The third-order valence-electron chi connectivity index (χ3n) is 17.0. The molecule has 1 aliphatic rings. The van der Waals surface area contributed by atoms with E-state index in [9.17, 15) is 10.3 Å². The molecule has 0 unspecified atom stereocenters. The van der Waals surface area contributed by atoms with Crippen LogP contribution in [0.4, 0.5) is 0 Å². The van der Waals surface area contributed by atoms with Gasteiger partial charge in [0.25, 0.3) is 0 Å². The summed E-state index contributed by atoms with van der Waals surface area (Å²) < 4.78 is 1.54. The normalized spacial score (nSPS) is 12.8. The van der Waals surface area contributed by atoms with Gasteiger partial charge in [0.15, 0.2) is 5.78 Å². The van der Waals surface area contributed by atoms with Crippen molar-refractivity contribution in [2.75, 3.05) is 0 Å². The van der Waals surface area contributed by atoms with Gasteiger partial charge in [-0.15, -0.1) is 0 Å². The van der Waals surface area contributed by atoms with Gasteiger partial charge in [-0.2, -0.15) is 0 Å². The van der Waals surface area contributed by atoms with Crippen molar-refractivity contribution in [2.24, 2.45) is 0 Å². The summed E-state index contributed by atoms with van der Waals surface area (Å²) in [6.07, 6.45) is 74.4. The van der Waals surface area contributed by atoms with Gasteiger partial charge in [-0.1, -0.05) is 333 Å². The number of hydrogen-bond donors (Lipinski definition) is 0. The van der Waals surface area contributed by atoms with Crippen LogP contribution in [0.1, 0.15) is 369 Å². The first-order chi connectivity index (χ1) is 40.0. The molecule has 0 saturated heterocycles. The van der Waals surface area contributed by atoms with Crippen molar-refractivity contribution < 1.29 is 27.5 Å². The minimum absolute atomic E-state index is 0.236. The zero-order valence-corrected chi connectivity index (χ0v) is 56.0. The minimum atomic E-state index is 0.236. The summed E-state index contributed by atoms with van der Waals surface area (Å²) in [6, 6.07) is 17.1. The summed E-state index contributed by atoms with van der Waals surface area (Å²) in [5.74, 6) is 0.236. The summed E-state index contributed by atoms with van der Waals surface area (Å²) in [7, 11) is 0. The fourth-order valence-electron chi connectivity index (χ4n) is 12.0. The molecule has 0 aromatic heterocycles. The van der Waals surface area contributed by atoms with E-state index < -0.39 is 0 Å². The molecule has 3 rings (SSSR count). The number of hydrogen-bond acceptors (Lipinski definition) is 1. The molecule has 1 aliphatic heterocycles. The van der Waals surface area contributed by atoms with E-state index in [1.807, 2.05) is 12.1 Å². The Morgan fingerprint density at radius 2 is 0.765 bits per heavy atom. The first kappa shape index (κ1) is 74.4. The Hall–Kier alpha value is -2.67. The standard InChI is InChI=1S/C75H124N2O.2CH3.Pd/c1-5-9-13-17-20-23-25-27-29-30-31-32-33-34-35-36-37-38-40-43-45-48-51-57-67-58-55-56-59-70(67)75-72(61-53-49-46-44-41-39-28-26-24-21-18-14-10-6-2)71(60-52-16-12-8-4)74(77(75)76)69-65-63-68(64-66-69)73(78)62-54-50-47-42-22-19-15-11-7-3;;;/h43,45,53,55-56,58-59,61,63-66H,5-42,44,46-52,54,57,60,62H2,1-4H3;2*1H3;. The van der Waals surface area contributed by atoms with Gasteiger partial charge >= 0.3 is 28.8 Å². The molecule has 0 fully saturated rings. The number of Topliss-reactive ketones (excluding diaryl/α,β-unsaturated/α-hetero) is 1. The molecule has 2 aromatic rings. The molecular formula is C77H130N2OPd. The first-order valence-corrected chi connectivity index (χ1v) is 38.3. The van der Waals surface area contributed by atoms with Gasteiger partial charge < -0.3 is 5.53 Å². The molecule has 0 spiro atoms. The molecule has 1 heterocycles. The van der Waals surface area contributed by atoms with E-state index in [1.165, 1.54) is 285 Å². The van der Waals surface area contributed by atoms with Gasteiger partial charge in [-0.25, -0.2) is 4.70 Å². The van der Waals surface area contributed by atoms with Crippen molar-refractivity contribution in [3.63, 3.8) is 0 Å². The monoisotopic (exact) mass is 1200 g/mol. The van der Waals surface area contributed by atoms with E-state index in [1.54, 1.807) is 0 Å². The third-order valence-corrected chi connectivity index (χ3v) is 17.0. The van der Waals surface area contributed by atoms with Crippen LogP contribution in [-0.4, -0.2) is 10.5 Å². The van der Waals surface area contributed by atoms with E-state index in [0.717, 1.165) is 97.4 Å². The number of carbonyl (C=O) groups is 1. The van der Waals surface area contributed by atoms with Crippen LogP contribution >= 0.6 is 0 Å². The molecule has 2 aromatic carbocycles. The first-order valence-electron chi connectivity index (χ1n) is 35.2. The molecule has 0 saturated carbocycles. The van der Waals surface area contributed by atoms with Crippen LogP contribution in [0.5, 0.6) is 0 Å². The van der Waals surface area contributed by atoms with Crippen molar-refractivity contribution >= 4 is 17.2 Å². The van der Waals surface area contributed by atoms with Gasteiger partial charge in [-0.3, -0.25) is 4.79 Å². The van der Waals surface area contributed by atoms with Crippen LogP contribution < -0.4 is 0 Å². The predicted octanol–water partition coefficient (Wildman–Crippen LogP) is 27.1. The molecule has 3 nitrogen and oxygen atoms in total. The van der Waals surface area contributed by atoms with Gasteiger partial charge in [0, 0.05) is 28.7 Å². The fourth-order valence-corrected chi connectivity index (χ4v) is 12.0. The zero-order chi connectivity index (χ0) is 58.3. The Bertz CT molecular complexity index is 1920. The summed E-state index contributed by atoms with van der Waals surface area (Å²) in [5.41, 5.74) is 21.1. The Morgan fingerprint density at radius 3 is 1.20 bits per heavy atom. The summed E-state index contributed by atoms with van der Waals surface area (Å²) >= 11 is 0.950. The fraction of sp³-hybridized carbons (Fsp3) is 0.727. The molecule has 0 N–H and O–H groups in total. The molecule has 0 atom stereocenters. The quantitative estimate of drug-likeness (QED) is 0.0214. The predicted molar refractivity (Wildman–Crippen MR) is 357 cm³/mol. The number of allylic oxidation sites excluding steroid dienone is 6. The number of ketones is 1. The van der Waals surface area contributed by atoms with Crippen LogP contribution in [0.25, 0.3) is 16.9 Å². The second-order valence-electron chi connectivity index (χ2n) is 24.5. The van der Waals surface area contributed by atoms with Crippen LogP contribution in [-0.2, 0) is 24.4 Å². The van der Waals surface area contributed by atoms with Gasteiger partial charge in [0.05, 0.1) is 5.57 Å². The topological polar surface area (TPSA) is 42.4 Å². The van der Waals surface area contributed by atoms with Crippen LogP contribution in [0.2, 0.25) is 10.8 Å². The third kappa shape index (κ3) is 37.4. The Kier molecular flexibility index (Phi) is 50.7. The van der Waals surface area contributed by atoms with Gasteiger partial charge in [0.1, 0.15) is 0 Å². The second-order valence-corrected chi connectivity index (χ2v) is 26.1. The Labute approximate surface area is 512 Å². The molecule has 4 heteroatoms. The molecule has 0 bridgehead atoms. The van der Waals surface area contributed by atoms with Crippen molar-refractivity contribution in [1.82, 2.24) is 0 Å². The second kappa shape index (κ2) is 55.2. The SMILES string of the molecule is CCCCCCCCCCCCCCC=CC1=C(c2ccccc2CCCC=CCCCCCCCCCCCCCCCCCCCC)[N+](=[N-])C(c2ccc(C(=O)CCCCCCCCCCC)cc2)=C1CCCCCC.[CH3][Pd][CH3]. The van der Waals surface area contributed by atoms with Crippen molar-refractivity contribution in [3.05, 3.63) is 112 Å². The summed E-state index contributed by atoms with van der Waals surface area (Å²) in [4.78, 5) is 13.5. The Balaban J connectivity index is 0.00000730. The number of carbonyl (C=O) groups excluding carboxylic acids is 1. The number of nitrogens with zero attached hydrogens (tertiary/aromatic N) is 2. The van der Waals surface area contributed by atoms with E-state index in [0.29, 0.717) is 6.42 Å². The van der Waals surface area contributed by atoms with Crippen LogP contribution in [0.15, 0.2) is 84.0 Å². The van der Waals surface area contributed by atoms with E-state index in [-0.39, 0.29) is 5.78 Å². The Morgan fingerprint density at radius 1 is 0.407 bits per heavy atom. The van der Waals surface area contributed by atoms with E-state index >= 15 is 0 Å². The summed E-state index contributed by atoms with van der Waals surface area (Å²) in [5, 5.41) is 4.35. The van der Waals surface area contributed by atoms with Crippen molar-refractivity contribution in [1.29, 1.82) is 0 Å². The number of rotatable bonds is 55.